The summed E-state index contributed by atoms with van der Waals surface area (Å²) in [6.07, 6.45) is 0. The van der Waals surface area contributed by atoms with Gasteiger partial charge >= 0.3 is 0 Å². The molecule has 13 rings (SSSR count). The minimum atomic E-state index is -2.77. The van der Waals surface area contributed by atoms with Crippen molar-refractivity contribution in [1.29, 1.82) is 0 Å². The van der Waals surface area contributed by atoms with Crippen LogP contribution in [0.2, 0.25) is 0 Å². The molecule has 0 amide bonds. The number of benzene rings is 10. The summed E-state index contributed by atoms with van der Waals surface area (Å²) in [5.41, 5.74) is 9.59. The second-order valence-electron chi connectivity index (χ2n) is 16.8. The minimum Gasteiger partial charge on any atom is -0.309 e. The van der Waals surface area contributed by atoms with Crippen molar-refractivity contribution in [3.63, 3.8) is 0 Å². The summed E-state index contributed by atoms with van der Waals surface area (Å²) in [7, 11) is -2.77. The van der Waals surface area contributed by atoms with Crippen molar-refractivity contribution in [2.24, 2.45) is 0 Å². The third-order valence-corrected chi connectivity index (χ3v) is 19.5. The van der Waals surface area contributed by atoms with E-state index in [9.17, 15) is 0 Å². The fourth-order valence-electron chi connectivity index (χ4n) is 10.7. The first-order chi connectivity index (χ1) is 31.8. The highest BCUT2D eigenvalue weighted by molar-refractivity contribution is 7.26. The van der Waals surface area contributed by atoms with Gasteiger partial charge in [0.25, 0.3) is 0 Å². The topological polar surface area (TPSA) is 9.86 Å². The largest absolute Gasteiger partial charge is 0.309 e. The average molecular weight is 849 g/mol. The van der Waals surface area contributed by atoms with E-state index in [0.29, 0.717) is 0 Å². The van der Waals surface area contributed by atoms with Crippen LogP contribution < -0.4 is 20.7 Å². The standard InChI is InChI=1S/C60H40N2SSi/c1-4-19-44(20-5-1)64(45-21-6-2-7-22-45,46-23-8-3-9-24-46)47-25-16-18-43(38-47)62-56-32-14-11-27-50(56)54-39-53-49-26-10-13-31-55(49)61(57(53)40-58(54)62)42-36-34-41(35-37-42)48-29-17-30-52-51-28-12-15-33-59(51)63-60(48)52/h1-40H. The maximum absolute atomic E-state index is 2.77. The molecule has 300 valence electrons. The molecule has 2 nitrogen and oxygen atoms in total. The summed E-state index contributed by atoms with van der Waals surface area (Å²) in [5, 5.41) is 13.1. The van der Waals surface area contributed by atoms with Gasteiger partial charge in [0.05, 0.1) is 22.1 Å². The Morgan fingerprint density at radius 3 is 1.39 bits per heavy atom. The fraction of sp³-hybridized carbons (Fsp3) is 0. The molecule has 10 aromatic carbocycles. The van der Waals surface area contributed by atoms with E-state index in [-0.39, 0.29) is 0 Å². The zero-order valence-electron chi connectivity index (χ0n) is 34.9. The molecule has 0 saturated carbocycles. The molecule has 0 saturated heterocycles. The molecule has 3 heterocycles. The third-order valence-electron chi connectivity index (χ3n) is 13.5. The Kier molecular flexibility index (Phi) is 8.45. The predicted molar refractivity (Wildman–Crippen MR) is 277 cm³/mol. The number of para-hydroxylation sites is 2. The van der Waals surface area contributed by atoms with Crippen LogP contribution in [0.1, 0.15) is 0 Å². The lowest BCUT2D eigenvalue weighted by Gasteiger charge is -2.34. The Morgan fingerprint density at radius 1 is 0.297 bits per heavy atom. The molecule has 0 spiro atoms. The van der Waals surface area contributed by atoms with Crippen molar-refractivity contribution >= 4 is 104 Å². The summed E-state index contributed by atoms with van der Waals surface area (Å²) in [6.45, 7) is 0. The quantitative estimate of drug-likeness (QED) is 0.112. The van der Waals surface area contributed by atoms with Crippen LogP contribution in [0.4, 0.5) is 0 Å². The van der Waals surface area contributed by atoms with E-state index in [1.165, 1.54) is 95.7 Å². The van der Waals surface area contributed by atoms with Crippen molar-refractivity contribution in [2.45, 2.75) is 0 Å². The molecule has 4 heteroatoms. The summed E-state index contributed by atoms with van der Waals surface area (Å²) < 4.78 is 7.63. The molecular formula is C60H40N2SSi. The Balaban J connectivity index is 1.03. The van der Waals surface area contributed by atoms with Gasteiger partial charge in [-0.1, -0.05) is 188 Å². The molecule has 0 atom stereocenters. The number of fused-ring (bicyclic) bond motifs is 9. The van der Waals surface area contributed by atoms with Gasteiger partial charge in [-0.05, 0) is 86.5 Å². The highest BCUT2D eigenvalue weighted by atomic mass is 32.1. The number of rotatable bonds is 7. The molecule has 3 aromatic heterocycles. The van der Waals surface area contributed by atoms with E-state index >= 15 is 0 Å². The molecule has 0 unspecified atom stereocenters. The number of thiophene rings is 1. The first-order valence-electron chi connectivity index (χ1n) is 22.0. The van der Waals surface area contributed by atoms with Gasteiger partial charge in [-0.3, -0.25) is 0 Å². The second kappa shape index (κ2) is 14.7. The van der Waals surface area contributed by atoms with Crippen LogP contribution in [0.15, 0.2) is 243 Å². The number of hydrogen-bond donors (Lipinski definition) is 0. The van der Waals surface area contributed by atoms with Crippen LogP contribution in [0.3, 0.4) is 0 Å². The predicted octanol–water partition coefficient (Wildman–Crippen LogP) is 13.3. The maximum Gasteiger partial charge on any atom is 0.179 e. The number of nitrogens with zero attached hydrogens (tertiary/aromatic N) is 2. The number of aromatic nitrogens is 2. The van der Waals surface area contributed by atoms with E-state index < -0.39 is 8.07 Å². The summed E-state index contributed by atoms with van der Waals surface area (Å²) >= 11 is 1.88. The van der Waals surface area contributed by atoms with Gasteiger partial charge in [0.15, 0.2) is 8.07 Å². The van der Waals surface area contributed by atoms with Gasteiger partial charge in [-0.2, -0.15) is 0 Å². The minimum absolute atomic E-state index is 1.15. The smallest absolute Gasteiger partial charge is 0.179 e. The van der Waals surface area contributed by atoms with Gasteiger partial charge in [0.1, 0.15) is 0 Å². The molecule has 0 radical (unpaired) electrons. The molecular weight excluding hydrogens is 809 g/mol. The highest BCUT2D eigenvalue weighted by Gasteiger charge is 2.41. The molecule has 0 aliphatic heterocycles. The van der Waals surface area contributed by atoms with Crippen LogP contribution in [0.25, 0.3) is 86.3 Å². The number of hydrogen-bond acceptors (Lipinski definition) is 1. The lowest BCUT2D eigenvalue weighted by atomic mass is 10.0. The Morgan fingerprint density at radius 2 is 0.781 bits per heavy atom. The molecule has 0 N–H and O–H groups in total. The van der Waals surface area contributed by atoms with Crippen LogP contribution in [0, 0.1) is 0 Å². The zero-order valence-corrected chi connectivity index (χ0v) is 36.7. The SMILES string of the molecule is c1ccc([Si](c2ccccc2)(c2ccccc2)c2cccc(-n3c4ccccc4c4cc5c6ccccc6n(-c6ccc(-c7cccc8c7sc7ccccc78)cc6)c5cc43)c2)cc1. The van der Waals surface area contributed by atoms with Gasteiger partial charge < -0.3 is 9.13 Å². The van der Waals surface area contributed by atoms with E-state index in [4.69, 9.17) is 0 Å². The molecule has 0 bridgehead atoms. The summed E-state index contributed by atoms with van der Waals surface area (Å²) in [4.78, 5) is 0. The van der Waals surface area contributed by atoms with Crippen LogP contribution in [-0.4, -0.2) is 17.2 Å². The summed E-state index contributed by atoms with van der Waals surface area (Å²) in [5.74, 6) is 0. The van der Waals surface area contributed by atoms with Gasteiger partial charge in [0, 0.05) is 53.1 Å². The van der Waals surface area contributed by atoms with E-state index in [1.807, 2.05) is 11.3 Å². The van der Waals surface area contributed by atoms with Crippen molar-refractivity contribution in [1.82, 2.24) is 9.13 Å². The molecule has 0 fully saturated rings. The monoisotopic (exact) mass is 848 g/mol. The van der Waals surface area contributed by atoms with Crippen molar-refractivity contribution in [3.8, 4) is 22.5 Å². The molecule has 0 aliphatic rings. The fourth-order valence-corrected chi connectivity index (χ4v) is 16.7. The van der Waals surface area contributed by atoms with Gasteiger partial charge in [0.2, 0.25) is 0 Å². The van der Waals surface area contributed by atoms with Crippen molar-refractivity contribution in [2.75, 3.05) is 0 Å². The molecule has 64 heavy (non-hydrogen) atoms. The third kappa shape index (κ3) is 5.50. The van der Waals surface area contributed by atoms with Crippen LogP contribution in [0.5, 0.6) is 0 Å². The normalized spacial score (nSPS) is 12.1. The molecule has 0 aliphatic carbocycles. The highest BCUT2D eigenvalue weighted by Crippen LogP contribution is 2.42. The Bertz CT molecular complexity index is 3790. The lowest BCUT2D eigenvalue weighted by Crippen LogP contribution is -2.74. The lowest BCUT2D eigenvalue weighted by molar-refractivity contribution is 1.17. The first-order valence-corrected chi connectivity index (χ1v) is 24.8. The van der Waals surface area contributed by atoms with Crippen LogP contribution >= 0.6 is 11.3 Å². The molecule has 13 aromatic rings. The van der Waals surface area contributed by atoms with E-state index in [0.717, 1.165) is 11.4 Å². The van der Waals surface area contributed by atoms with E-state index in [1.54, 1.807) is 0 Å². The Hall–Kier alpha value is -7.76. The van der Waals surface area contributed by atoms with Gasteiger partial charge in [-0.15, -0.1) is 11.3 Å². The van der Waals surface area contributed by atoms with Crippen molar-refractivity contribution < 1.29 is 0 Å². The zero-order chi connectivity index (χ0) is 42.2. The Labute approximate surface area is 376 Å². The van der Waals surface area contributed by atoms with Crippen LogP contribution in [-0.2, 0) is 0 Å². The van der Waals surface area contributed by atoms with Crippen molar-refractivity contribution in [3.05, 3.63) is 243 Å². The summed E-state index contributed by atoms with van der Waals surface area (Å²) in [6, 6.07) is 90.4. The first kappa shape index (κ1) is 36.9. The maximum atomic E-state index is 2.50. The second-order valence-corrected chi connectivity index (χ2v) is 21.7. The van der Waals surface area contributed by atoms with Gasteiger partial charge in [-0.25, -0.2) is 0 Å². The average Bonchev–Trinajstić information content (AvgIpc) is 4.02. The van der Waals surface area contributed by atoms with E-state index in [2.05, 4.69) is 252 Å².